The first-order valence-electron chi connectivity index (χ1n) is 5.10. The van der Waals surface area contributed by atoms with E-state index in [1.165, 1.54) is 0 Å². The summed E-state index contributed by atoms with van der Waals surface area (Å²) in [6.45, 7) is 3.79. The zero-order valence-corrected chi connectivity index (χ0v) is 11.2. The van der Waals surface area contributed by atoms with E-state index in [2.05, 4.69) is 25.9 Å². The second kappa shape index (κ2) is 4.71. The molecule has 4 nitrogen and oxygen atoms in total. The van der Waals surface area contributed by atoms with Gasteiger partial charge in [0.15, 0.2) is 5.75 Å². The highest BCUT2D eigenvalue weighted by molar-refractivity contribution is 9.10. The van der Waals surface area contributed by atoms with E-state index in [-0.39, 0.29) is 0 Å². The summed E-state index contributed by atoms with van der Waals surface area (Å²) in [5, 5.41) is 0. The fraction of sp³-hybridized carbons (Fsp3) is 0.167. The van der Waals surface area contributed by atoms with Gasteiger partial charge in [-0.2, -0.15) is 0 Å². The fourth-order valence-corrected chi connectivity index (χ4v) is 1.77. The quantitative estimate of drug-likeness (QED) is 0.864. The van der Waals surface area contributed by atoms with Crippen LogP contribution in [-0.4, -0.2) is 9.97 Å². The zero-order valence-electron chi connectivity index (χ0n) is 9.57. The third-order valence-corrected chi connectivity index (χ3v) is 3.00. The number of halogens is 1. The van der Waals surface area contributed by atoms with Crippen molar-refractivity contribution >= 4 is 21.6 Å². The second-order valence-corrected chi connectivity index (χ2v) is 4.49. The van der Waals surface area contributed by atoms with Crippen molar-refractivity contribution < 1.29 is 4.74 Å². The van der Waals surface area contributed by atoms with E-state index < -0.39 is 0 Å². The van der Waals surface area contributed by atoms with Crippen LogP contribution in [0.2, 0.25) is 0 Å². The minimum atomic E-state index is 0.437. The standard InChI is InChI=1S/C12H12BrN3O/c1-7-8(2)16-11(6-15-7)17-12-9(13)4-3-5-10(12)14/h3-6H,14H2,1-2H3. The molecule has 0 aliphatic heterocycles. The first-order chi connectivity index (χ1) is 8.08. The molecular weight excluding hydrogens is 282 g/mol. The maximum absolute atomic E-state index is 5.83. The summed E-state index contributed by atoms with van der Waals surface area (Å²) in [5.41, 5.74) is 8.12. The van der Waals surface area contributed by atoms with Gasteiger partial charge in [0.1, 0.15) is 0 Å². The Morgan fingerprint density at radius 3 is 2.65 bits per heavy atom. The number of rotatable bonds is 2. The van der Waals surface area contributed by atoms with Gasteiger partial charge in [-0.05, 0) is 41.9 Å². The van der Waals surface area contributed by atoms with E-state index in [0.29, 0.717) is 17.3 Å². The van der Waals surface area contributed by atoms with Crippen LogP contribution < -0.4 is 10.5 Å². The van der Waals surface area contributed by atoms with Gasteiger partial charge in [0, 0.05) is 0 Å². The molecule has 0 spiro atoms. The molecule has 2 N–H and O–H groups in total. The summed E-state index contributed by atoms with van der Waals surface area (Å²) < 4.78 is 6.42. The number of aromatic nitrogens is 2. The topological polar surface area (TPSA) is 61.0 Å². The number of nitrogens with zero attached hydrogens (tertiary/aromatic N) is 2. The highest BCUT2D eigenvalue weighted by atomic mass is 79.9. The summed E-state index contributed by atoms with van der Waals surface area (Å²) in [4.78, 5) is 8.48. The minimum absolute atomic E-state index is 0.437. The molecule has 0 aliphatic rings. The first kappa shape index (κ1) is 11.9. The zero-order chi connectivity index (χ0) is 12.4. The van der Waals surface area contributed by atoms with E-state index >= 15 is 0 Å². The van der Waals surface area contributed by atoms with E-state index in [9.17, 15) is 0 Å². The van der Waals surface area contributed by atoms with E-state index in [1.807, 2.05) is 26.0 Å². The molecule has 5 heteroatoms. The van der Waals surface area contributed by atoms with E-state index in [1.54, 1.807) is 12.3 Å². The third-order valence-electron chi connectivity index (χ3n) is 2.37. The van der Waals surface area contributed by atoms with Crippen LogP contribution in [0.4, 0.5) is 5.69 Å². The number of nitrogen functional groups attached to an aromatic ring is 1. The number of nitrogens with two attached hydrogens (primary N) is 1. The van der Waals surface area contributed by atoms with Crippen molar-refractivity contribution in [2.75, 3.05) is 5.73 Å². The second-order valence-electron chi connectivity index (χ2n) is 3.64. The smallest absolute Gasteiger partial charge is 0.238 e. The molecule has 0 unspecified atom stereocenters. The molecule has 0 fully saturated rings. The Hall–Kier alpha value is -1.62. The summed E-state index contributed by atoms with van der Waals surface area (Å²) in [6.07, 6.45) is 1.58. The molecule has 2 rings (SSSR count). The van der Waals surface area contributed by atoms with Crippen LogP contribution in [-0.2, 0) is 0 Å². The first-order valence-corrected chi connectivity index (χ1v) is 5.89. The molecule has 1 aromatic carbocycles. The van der Waals surface area contributed by atoms with E-state index in [0.717, 1.165) is 15.9 Å². The Balaban J connectivity index is 2.35. The van der Waals surface area contributed by atoms with Crippen molar-refractivity contribution in [2.24, 2.45) is 0 Å². The van der Waals surface area contributed by atoms with Crippen LogP contribution in [0.1, 0.15) is 11.4 Å². The highest BCUT2D eigenvalue weighted by Gasteiger charge is 2.08. The maximum Gasteiger partial charge on any atom is 0.238 e. The largest absolute Gasteiger partial charge is 0.434 e. The van der Waals surface area contributed by atoms with Crippen molar-refractivity contribution in [1.82, 2.24) is 9.97 Å². The lowest BCUT2D eigenvalue weighted by atomic mass is 10.3. The normalized spacial score (nSPS) is 10.3. The summed E-state index contributed by atoms with van der Waals surface area (Å²) in [7, 11) is 0. The summed E-state index contributed by atoms with van der Waals surface area (Å²) in [6, 6.07) is 5.48. The number of hydrogen-bond acceptors (Lipinski definition) is 4. The molecule has 17 heavy (non-hydrogen) atoms. The molecule has 0 radical (unpaired) electrons. The monoisotopic (exact) mass is 293 g/mol. The molecular formula is C12H12BrN3O. The molecule has 0 amide bonds. The molecule has 0 saturated heterocycles. The van der Waals surface area contributed by atoms with Gasteiger partial charge in [0.05, 0.1) is 27.7 Å². The Morgan fingerprint density at radius 2 is 2.00 bits per heavy atom. The van der Waals surface area contributed by atoms with Crippen LogP contribution in [0.15, 0.2) is 28.9 Å². The highest BCUT2D eigenvalue weighted by Crippen LogP contribution is 2.34. The fourth-order valence-electron chi connectivity index (χ4n) is 1.31. The van der Waals surface area contributed by atoms with Gasteiger partial charge in [-0.1, -0.05) is 6.07 Å². The molecule has 0 bridgehead atoms. The van der Waals surface area contributed by atoms with Crippen LogP contribution in [0, 0.1) is 13.8 Å². The van der Waals surface area contributed by atoms with Crippen LogP contribution in [0.5, 0.6) is 11.6 Å². The average molecular weight is 294 g/mol. The Morgan fingerprint density at radius 1 is 1.24 bits per heavy atom. The predicted molar refractivity (Wildman–Crippen MR) is 70.1 cm³/mol. The van der Waals surface area contributed by atoms with Gasteiger partial charge in [0.25, 0.3) is 0 Å². The Bertz CT molecular complexity index is 537. The molecule has 0 saturated carbocycles. The Labute approximate surface area is 108 Å². The minimum Gasteiger partial charge on any atom is -0.434 e. The van der Waals surface area contributed by atoms with Gasteiger partial charge >= 0.3 is 0 Å². The number of anilines is 1. The molecule has 2 aromatic rings. The van der Waals surface area contributed by atoms with Crippen LogP contribution >= 0.6 is 15.9 Å². The van der Waals surface area contributed by atoms with Gasteiger partial charge in [0.2, 0.25) is 5.88 Å². The number of para-hydroxylation sites is 1. The van der Waals surface area contributed by atoms with Crippen molar-refractivity contribution in [2.45, 2.75) is 13.8 Å². The summed E-state index contributed by atoms with van der Waals surface area (Å²) in [5.74, 6) is 0.997. The van der Waals surface area contributed by atoms with Gasteiger partial charge in [-0.25, -0.2) is 4.98 Å². The number of ether oxygens (including phenoxy) is 1. The number of aryl methyl sites for hydroxylation is 2. The van der Waals surface area contributed by atoms with Gasteiger partial charge in [-0.3, -0.25) is 4.98 Å². The maximum atomic E-state index is 5.83. The van der Waals surface area contributed by atoms with Crippen LogP contribution in [0.25, 0.3) is 0 Å². The van der Waals surface area contributed by atoms with Crippen molar-refractivity contribution in [1.29, 1.82) is 0 Å². The van der Waals surface area contributed by atoms with Crippen molar-refractivity contribution in [3.8, 4) is 11.6 Å². The van der Waals surface area contributed by atoms with Gasteiger partial charge < -0.3 is 10.5 Å². The molecule has 1 aromatic heterocycles. The van der Waals surface area contributed by atoms with Crippen molar-refractivity contribution in [3.05, 3.63) is 40.3 Å². The molecule has 0 atom stereocenters. The molecule has 1 heterocycles. The molecule has 0 aliphatic carbocycles. The lowest BCUT2D eigenvalue weighted by molar-refractivity contribution is 0.457. The lowest BCUT2D eigenvalue weighted by Crippen LogP contribution is -1.98. The van der Waals surface area contributed by atoms with Crippen molar-refractivity contribution in [3.63, 3.8) is 0 Å². The number of hydrogen-bond donors (Lipinski definition) is 1. The van der Waals surface area contributed by atoms with Gasteiger partial charge in [-0.15, -0.1) is 0 Å². The van der Waals surface area contributed by atoms with E-state index in [4.69, 9.17) is 10.5 Å². The predicted octanol–water partition coefficient (Wildman–Crippen LogP) is 3.23. The average Bonchev–Trinajstić information content (AvgIpc) is 2.28. The third kappa shape index (κ3) is 2.55. The lowest BCUT2D eigenvalue weighted by Gasteiger charge is -2.10. The SMILES string of the molecule is Cc1ncc(Oc2c(N)cccc2Br)nc1C. The number of benzene rings is 1. The Kier molecular flexibility index (Phi) is 3.28. The van der Waals surface area contributed by atoms with Crippen LogP contribution in [0.3, 0.4) is 0 Å². The summed E-state index contributed by atoms with van der Waals surface area (Å²) >= 11 is 3.38. The molecule has 88 valence electrons.